The van der Waals surface area contributed by atoms with E-state index in [-0.39, 0.29) is 11.9 Å². The number of nitrogens with zero attached hydrogens (tertiary/aromatic N) is 1. The summed E-state index contributed by atoms with van der Waals surface area (Å²) in [6.45, 7) is 1.37. The first-order valence-electron chi connectivity index (χ1n) is 5.43. The molecule has 1 heterocycles. The van der Waals surface area contributed by atoms with Crippen LogP contribution in [0.5, 0.6) is 0 Å². The maximum atomic E-state index is 11.5. The van der Waals surface area contributed by atoms with Crippen LogP contribution in [0.2, 0.25) is 5.02 Å². The molecule has 1 fully saturated rings. The zero-order chi connectivity index (χ0) is 11.5. The van der Waals surface area contributed by atoms with Crippen LogP contribution in [0, 0.1) is 0 Å². The summed E-state index contributed by atoms with van der Waals surface area (Å²) in [6, 6.07) is 7.72. The molecule has 0 radical (unpaired) electrons. The quantitative estimate of drug-likeness (QED) is 0.866. The molecule has 1 aromatic rings. The van der Waals surface area contributed by atoms with Gasteiger partial charge in [-0.2, -0.15) is 0 Å². The largest absolute Gasteiger partial charge is 0.341 e. The molecule has 2 N–H and O–H groups in total. The molecule has 0 aromatic heterocycles. The molecule has 1 amide bonds. The third-order valence-electron chi connectivity index (χ3n) is 2.85. The standard InChI is InChI=1S/C12H15ClN2O/c13-11-4-2-1-3-9(11)5-6-15-8-10(14)7-12(15)16/h1-4,10H,5-8,14H2. The SMILES string of the molecule is NC1CC(=O)N(CCc2ccccc2Cl)C1. The fraction of sp³-hybridized carbons (Fsp3) is 0.417. The molecule has 1 unspecified atom stereocenters. The highest BCUT2D eigenvalue weighted by Gasteiger charge is 2.26. The number of halogens is 1. The summed E-state index contributed by atoms with van der Waals surface area (Å²) in [6.07, 6.45) is 1.26. The Balaban J connectivity index is 1.93. The molecule has 2 rings (SSSR count). The molecular weight excluding hydrogens is 224 g/mol. The second-order valence-corrected chi connectivity index (χ2v) is 4.55. The lowest BCUT2D eigenvalue weighted by atomic mass is 10.1. The van der Waals surface area contributed by atoms with Gasteiger partial charge in [-0.1, -0.05) is 29.8 Å². The lowest BCUT2D eigenvalue weighted by molar-refractivity contribution is -0.127. The third kappa shape index (κ3) is 2.54. The smallest absolute Gasteiger partial charge is 0.224 e. The summed E-state index contributed by atoms with van der Waals surface area (Å²) in [7, 11) is 0. The second-order valence-electron chi connectivity index (χ2n) is 4.15. The minimum atomic E-state index is -0.00116. The van der Waals surface area contributed by atoms with E-state index in [0.717, 1.165) is 17.0 Å². The van der Waals surface area contributed by atoms with Gasteiger partial charge in [0.25, 0.3) is 0 Å². The molecule has 0 saturated carbocycles. The van der Waals surface area contributed by atoms with Crippen LogP contribution in [0.25, 0.3) is 0 Å². The van der Waals surface area contributed by atoms with E-state index in [4.69, 9.17) is 17.3 Å². The van der Waals surface area contributed by atoms with Crippen molar-refractivity contribution >= 4 is 17.5 Å². The van der Waals surface area contributed by atoms with Crippen molar-refractivity contribution in [3.05, 3.63) is 34.9 Å². The number of benzene rings is 1. The van der Waals surface area contributed by atoms with Crippen LogP contribution in [0.4, 0.5) is 0 Å². The summed E-state index contributed by atoms with van der Waals surface area (Å²) >= 11 is 6.05. The molecular formula is C12H15ClN2O. The topological polar surface area (TPSA) is 46.3 Å². The molecule has 1 saturated heterocycles. The lowest BCUT2D eigenvalue weighted by Crippen LogP contribution is -2.30. The molecule has 1 aromatic carbocycles. The fourth-order valence-corrected chi connectivity index (χ4v) is 2.21. The average molecular weight is 239 g/mol. The Labute approximate surface area is 100 Å². The van der Waals surface area contributed by atoms with Crippen molar-refractivity contribution in [2.45, 2.75) is 18.9 Å². The molecule has 3 nitrogen and oxygen atoms in total. The van der Waals surface area contributed by atoms with Gasteiger partial charge in [0, 0.05) is 30.6 Å². The molecule has 4 heteroatoms. The van der Waals surface area contributed by atoms with Crippen molar-refractivity contribution in [1.29, 1.82) is 0 Å². The van der Waals surface area contributed by atoms with Gasteiger partial charge in [0.15, 0.2) is 0 Å². The number of nitrogens with two attached hydrogens (primary N) is 1. The van der Waals surface area contributed by atoms with Crippen LogP contribution in [0.3, 0.4) is 0 Å². The predicted octanol–water partition coefficient (Wildman–Crippen LogP) is 1.44. The molecule has 16 heavy (non-hydrogen) atoms. The highest BCUT2D eigenvalue weighted by atomic mass is 35.5. The maximum Gasteiger partial charge on any atom is 0.224 e. The summed E-state index contributed by atoms with van der Waals surface area (Å²) in [5.74, 6) is 0.152. The average Bonchev–Trinajstić information content (AvgIpc) is 2.56. The van der Waals surface area contributed by atoms with Crippen molar-refractivity contribution in [3.8, 4) is 0 Å². The third-order valence-corrected chi connectivity index (χ3v) is 3.22. The van der Waals surface area contributed by atoms with E-state index in [2.05, 4.69) is 0 Å². The molecule has 1 aliphatic heterocycles. The Bertz CT molecular complexity index is 394. The summed E-state index contributed by atoms with van der Waals surface area (Å²) in [5, 5.41) is 0.762. The van der Waals surface area contributed by atoms with Gasteiger partial charge in [-0.25, -0.2) is 0 Å². The van der Waals surface area contributed by atoms with Gasteiger partial charge >= 0.3 is 0 Å². The summed E-state index contributed by atoms with van der Waals surface area (Å²) in [5.41, 5.74) is 6.81. The van der Waals surface area contributed by atoms with Gasteiger partial charge in [-0.05, 0) is 18.1 Å². The Morgan fingerprint density at radius 1 is 1.44 bits per heavy atom. The van der Waals surface area contributed by atoms with Crippen LogP contribution in [0.15, 0.2) is 24.3 Å². The zero-order valence-corrected chi connectivity index (χ0v) is 9.78. The number of carbonyl (C=O) groups is 1. The lowest BCUT2D eigenvalue weighted by Gasteiger charge is -2.16. The van der Waals surface area contributed by atoms with E-state index >= 15 is 0 Å². The summed E-state index contributed by atoms with van der Waals surface area (Å²) < 4.78 is 0. The molecule has 1 aliphatic rings. The Morgan fingerprint density at radius 3 is 2.81 bits per heavy atom. The highest BCUT2D eigenvalue weighted by molar-refractivity contribution is 6.31. The summed E-state index contributed by atoms with van der Waals surface area (Å²) in [4.78, 5) is 13.3. The van der Waals surface area contributed by atoms with Crippen molar-refractivity contribution in [2.75, 3.05) is 13.1 Å². The van der Waals surface area contributed by atoms with Crippen molar-refractivity contribution in [2.24, 2.45) is 5.73 Å². The minimum absolute atomic E-state index is 0.00116. The van der Waals surface area contributed by atoms with Crippen LogP contribution in [-0.2, 0) is 11.2 Å². The number of likely N-dealkylation sites (tertiary alicyclic amines) is 1. The predicted molar refractivity (Wildman–Crippen MR) is 64.3 cm³/mol. The highest BCUT2D eigenvalue weighted by Crippen LogP contribution is 2.17. The molecule has 0 aliphatic carbocycles. The van der Waals surface area contributed by atoms with Crippen LogP contribution < -0.4 is 5.73 Å². The van der Waals surface area contributed by atoms with Crippen LogP contribution in [0.1, 0.15) is 12.0 Å². The maximum absolute atomic E-state index is 11.5. The number of hydrogen-bond acceptors (Lipinski definition) is 2. The fourth-order valence-electron chi connectivity index (χ4n) is 1.98. The van der Waals surface area contributed by atoms with Gasteiger partial charge in [0.05, 0.1) is 0 Å². The van der Waals surface area contributed by atoms with E-state index < -0.39 is 0 Å². The monoisotopic (exact) mass is 238 g/mol. The second kappa shape index (κ2) is 4.85. The van der Waals surface area contributed by atoms with E-state index in [1.807, 2.05) is 29.2 Å². The van der Waals surface area contributed by atoms with Crippen LogP contribution in [-0.4, -0.2) is 29.9 Å². The van der Waals surface area contributed by atoms with Gasteiger partial charge in [-0.3, -0.25) is 4.79 Å². The van der Waals surface area contributed by atoms with Gasteiger partial charge in [-0.15, -0.1) is 0 Å². The van der Waals surface area contributed by atoms with Crippen molar-refractivity contribution in [3.63, 3.8) is 0 Å². The first-order chi connectivity index (χ1) is 7.66. The molecule has 0 spiro atoms. The molecule has 86 valence electrons. The van der Waals surface area contributed by atoms with E-state index in [9.17, 15) is 4.79 Å². The van der Waals surface area contributed by atoms with E-state index in [1.54, 1.807) is 0 Å². The first-order valence-corrected chi connectivity index (χ1v) is 5.81. The Morgan fingerprint density at radius 2 is 2.19 bits per heavy atom. The zero-order valence-electron chi connectivity index (χ0n) is 9.03. The Hall–Kier alpha value is -1.06. The van der Waals surface area contributed by atoms with Gasteiger partial charge in [0.2, 0.25) is 5.91 Å². The first kappa shape index (κ1) is 11.4. The minimum Gasteiger partial charge on any atom is -0.341 e. The number of carbonyl (C=O) groups excluding carboxylic acids is 1. The Kier molecular flexibility index (Phi) is 3.46. The molecule has 0 bridgehead atoms. The number of rotatable bonds is 3. The van der Waals surface area contributed by atoms with Crippen LogP contribution >= 0.6 is 11.6 Å². The van der Waals surface area contributed by atoms with Gasteiger partial charge < -0.3 is 10.6 Å². The van der Waals surface area contributed by atoms with Crippen molar-refractivity contribution < 1.29 is 4.79 Å². The number of amides is 1. The van der Waals surface area contributed by atoms with Crippen molar-refractivity contribution in [1.82, 2.24) is 4.90 Å². The van der Waals surface area contributed by atoms with Gasteiger partial charge in [0.1, 0.15) is 0 Å². The normalized spacial score (nSPS) is 20.5. The number of hydrogen-bond donors (Lipinski definition) is 1. The van der Waals surface area contributed by atoms with E-state index in [1.165, 1.54) is 0 Å². The van der Waals surface area contributed by atoms with E-state index in [0.29, 0.717) is 19.5 Å². The molecule has 1 atom stereocenters.